The zero-order valence-electron chi connectivity index (χ0n) is 12.3. The molecule has 1 fully saturated rings. The minimum atomic E-state index is -0.143. The molecule has 1 aromatic rings. The Morgan fingerprint density at radius 1 is 1.55 bits per heavy atom. The Hall–Kier alpha value is -0.720. The fraction of sp³-hybridized carbons (Fsp3) is 0.714. The highest BCUT2D eigenvalue weighted by Gasteiger charge is 2.24. The number of halogens is 1. The summed E-state index contributed by atoms with van der Waals surface area (Å²) in [5.74, 6) is 1.10. The van der Waals surface area contributed by atoms with Crippen molar-refractivity contribution in [2.75, 3.05) is 26.2 Å². The van der Waals surface area contributed by atoms with Gasteiger partial charge in [0.05, 0.1) is 12.3 Å². The smallest absolute Gasteiger partial charge is 0.265 e. The molecule has 1 saturated heterocycles. The van der Waals surface area contributed by atoms with Gasteiger partial charge in [-0.15, -0.1) is 0 Å². The van der Waals surface area contributed by atoms with Gasteiger partial charge in [0.2, 0.25) is 0 Å². The first kappa shape index (κ1) is 15.7. The number of ether oxygens (including phenoxy) is 1. The quantitative estimate of drug-likeness (QED) is 0.909. The number of hydrogen-bond donors (Lipinski definition) is 1. The second kappa shape index (κ2) is 6.83. The molecule has 0 amide bonds. The molecule has 0 saturated carbocycles. The Morgan fingerprint density at radius 2 is 2.30 bits per heavy atom. The number of morpholine rings is 1. The summed E-state index contributed by atoms with van der Waals surface area (Å²) in [4.78, 5) is 21.8. The van der Waals surface area contributed by atoms with Crippen molar-refractivity contribution in [3.05, 3.63) is 26.3 Å². The van der Waals surface area contributed by atoms with Gasteiger partial charge >= 0.3 is 0 Å². The van der Waals surface area contributed by atoms with Gasteiger partial charge in [-0.25, -0.2) is 4.98 Å². The second-order valence-corrected chi connectivity index (χ2v) is 6.36. The first-order valence-corrected chi connectivity index (χ1v) is 7.93. The first-order chi connectivity index (χ1) is 9.51. The second-order valence-electron chi connectivity index (χ2n) is 5.56. The van der Waals surface area contributed by atoms with Crippen LogP contribution in [0.5, 0.6) is 0 Å². The number of H-pyrrole nitrogens is 1. The van der Waals surface area contributed by atoms with Crippen LogP contribution in [-0.4, -0.2) is 41.1 Å². The van der Waals surface area contributed by atoms with Crippen molar-refractivity contribution in [3.8, 4) is 0 Å². The van der Waals surface area contributed by atoms with Crippen LogP contribution in [-0.2, 0) is 11.2 Å². The van der Waals surface area contributed by atoms with Gasteiger partial charge in [0, 0.05) is 13.1 Å². The predicted octanol–water partition coefficient (Wildman–Crippen LogP) is 2.12. The number of rotatable bonds is 4. The topological polar surface area (TPSA) is 58.2 Å². The lowest BCUT2D eigenvalue weighted by atomic mass is 10.1. The molecule has 5 nitrogen and oxygen atoms in total. The molecule has 1 N–H and O–H groups in total. The molecule has 0 spiro atoms. The summed E-state index contributed by atoms with van der Waals surface area (Å²) >= 11 is 3.33. The van der Waals surface area contributed by atoms with Crippen LogP contribution < -0.4 is 5.56 Å². The average molecular weight is 344 g/mol. The lowest BCUT2D eigenvalue weighted by molar-refractivity contribution is -0.0328. The molecular weight excluding hydrogens is 322 g/mol. The standard InChI is InChI=1S/C14H22BrN3O2/c1-4-18-5-6-20-11(8-18)13-16-10(7-9(2)3)12(15)14(19)17-13/h9,11H,4-8H2,1-3H3,(H,16,17,19). The molecular formula is C14H22BrN3O2. The van der Waals surface area contributed by atoms with Gasteiger partial charge in [0.15, 0.2) is 0 Å². The largest absolute Gasteiger partial charge is 0.368 e. The van der Waals surface area contributed by atoms with E-state index in [1.54, 1.807) is 0 Å². The third-order valence-corrected chi connectivity index (χ3v) is 4.27. The Kier molecular flexibility index (Phi) is 5.35. The van der Waals surface area contributed by atoms with Crippen molar-refractivity contribution in [3.63, 3.8) is 0 Å². The summed E-state index contributed by atoms with van der Waals surface area (Å²) in [7, 11) is 0. The maximum Gasteiger partial charge on any atom is 0.265 e. The van der Waals surface area contributed by atoms with Crippen molar-refractivity contribution in [2.24, 2.45) is 5.92 Å². The van der Waals surface area contributed by atoms with E-state index in [-0.39, 0.29) is 11.7 Å². The molecule has 0 aliphatic carbocycles. The van der Waals surface area contributed by atoms with E-state index in [0.717, 1.165) is 31.7 Å². The number of likely N-dealkylation sites (N-methyl/N-ethyl adjacent to an activating group) is 1. The van der Waals surface area contributed by atoms with Gasteiger partial charge in [-0.3, -0.25) is 9.69 Å². The molecule has 112 valence electrons. The molecule has 1 aliphatic rings. The van der Waals surface area contributed by atoms with Crippen molar-refractivity contribution < 1.29 is 4.74 Å². The highest BCUT2D eigenvalue weighted by Crippen LogP contribution is 2.21. The summed E-state index contributed by atoms with van der Waals surface area (Å²) < 4.78 is 6.30. The summed E-state index contributed by atoms with van der Waals surface area (Å²) in [6, 6.07) is 0. The Balaban J connectivity index is 2.27. The number of aromatic nitrogens is 2. The Labute approximate surface area is 127 Å². The fourth-order valence-electron chi connectivity index (χ4n) is 2.35. The number of aromatic amines is 1. The summed E-state index contributed by atoms with van der Waals surface area (Å²) in [5, 5.41) is 0. The van der Waals surface area contributed by atoms with E-state index < -0.39 is 0 Å². The van der Waals surface area contributed by atoms with E-state index in [1.807, 2.05) is 0 Å². The minimum absolute atomic E-state index is 0.122. The van der Waals surface area contributed by atoms with Gasteiger partial charge in [0.1, 0.15) is 16.4 Å². The van der Waals surface area contributed by atoms with Crippen LogP contribution in [0.3, 0.4) is 0 Å². The minimum Gasteiger partial charge on any atom is -0.368 e. The van der Waals surface area contributed by atoms with Gasteiger partial charge in [0.25, 0.3) is 5.56 Å². The van der Waals surface area contributed by atoms with Gasteiger partial charge in [-0.2, -0.15) is 0 Å². The number of hydrogen-bond acceptors (Lipinski definition) is 4. The molecule has 0 radical (unpaired) electrons. The van der Waals surface area contributed by atoms with Crippen LogP contribution in [0.2, 0.25) is 0 Å². The molecule has 2 rings (SSSR count). The monoisotopic (exact) mass is 343 g/mol. The lowest BCUT2D eigenvalue weighted by Crippen LogP contribution is -2.39. The van der Waals surface area contributed by atoms with Gasteiger partial charge in [-0.1, -0.05) is 20.8 Å². The van der Waals surface area contributed by atoms with E-state index in [4.69, 9.17) is 4.74 Å². The SMILES string of the molecule is CCN1CCOC(c2nc(CC(C)C)c(Br)c(=O)[nH]2)C1. The van der Waals surface area contributed by atoms with Crippen molar-refractivity contribution >= 4 is 15.9 Å². The maximum absolute atomic E-state index is 12.0. The van der Waals surface area contributed by atoms with Crippen LogP contribution in [0, 0.1) is 5.92 Å². The van der Waals surface area contributed by atoms with Gasteiger partial charge < -0.3 is 9.72 Å². The van der Waals surface area contributed by atoms with Crippen molar-refractivity contribution in [2.45, 2.75) is 33.3 Å². The zero-order chi connectivity index (χ0) is 14.7. The van der Waals surface area contributed by atoms with E-state index in [1.165, 1.54) is 0 Å². The molecule has 1 aromatic heterocycles. The van der Waals surface area contributed by atoms with E-state index in [9.17, 15) is 4.79 Å². The molecule has 20 heavy (non-hydrogen) atoms. The number of nitrogens with zero attached hydrogens (tertiary/aromatic N) is 2. The predicted molar refractivity (Wildman–Crippen MR) is 81.9 cm³/mol. The van der Waals surface area contributed by atoms with E-state index in [2.05, 4.69) is 51.6 Å². The van der Waals surface area contributed by atoms with Crippen molar-refractivity contribution in [1.82, 2.24) is 14.9 Å². The van der Waals surface area contributed by atoms with Crippen molar-refractivity contribution in [1.29, 1.82) is 0 Å². The van der Waals surface area contributed by atoms with Crippen LogP contribution in [0.15, 0.2) is 9.27 Å². The molecule has 2 heterocycles. The van der Waals surface area contributed by atoms with Crippen LogP contribution >= 0.6 is 15.9 Å². The summed E-state index contributed by atoms with van der Waals surface area (Å²) in [6.07, 6.45) is 0.636. The van der Waals surface area contributed by atoms with Crippen LogP contribution in [0.1, 0.15) is 38.4 Å². The van der Waals surface area contributed by atoms with Gasteiger partial charge in [-0.05, 0) is 34.8 Å². The molecule has 0 bridgehead atoms. The molecule has 1 unspecified atom stereocenters. The zero-order valence-corrected chi connectivity index (χ0v) is 13.9. The van der Waals surface area contributed by atoms with E-state index in [0.29, 0.717) is 22.8 Å². The number of nitrogens with one attached hydrogen (secondary N) is 1. The van der Waals surface area contributed by atoms with Crippen LogP contribution in [0.4, 0.5) is 0 Å². The average Bonchev–Trinajstić information content (AvgIpc) is 2.43. The molecule has 6 heteroatoms. The maximum atomic E-state index is 12.0. The third kappa shape index (κ3) is 3.68. The Bertz CT molecular complexity index is 516. The van der Waals surface area contributed by atoms with Crippen LogP contribution in [0.25, 0.3) is 0 Å². The molecule has 0 aromatic carbocycles. The summed E-state index contributed by atoms with van der Waals surface area (Å²) in [5.41, 5.74) is 0.693. The summed E-state index contributed by atoms with van der Waals surface area (Å²) in [6.45, 7) is 9.74. The van der Waals surface area contributed by atoms with E-state index >= 15 is 0 Å². The molecule has 1 aliphatic heterocycles. The third-order valence-electron chi connectivity index (χ3n) is 3.45. The fourth-order valence-corrected chi connectivity index (χ4v) is 2.70. The first-order valence-electron chi connectivity index (χ1n) is 7.13. The highest BCUT2D eigenvalue weighted by atomic mass is 79.9. The highest BCUT2D eigenvalue weighted by molar-refractivity contribution is 9.10. The molecule has 1 atom stereocenters. The normalized spacial score (nSPS) is 20.6. The lowest BCUT2D eigenvalue weighted by Gasteiger charge is -2.31. The Morgan fingerprint density at radius 3 is 2.95 bits per heavy atom.